The summed E-state index contributed by atoms with van der Waals surface area (Å²) in [6.45, 7) is 1.79. The molecule has 5 nitrogen and oxygen atoms in total. The van der Waals surface area contributed by atoms with E-state index in [9.17, 15) is 13.2 Å². The number of nitrogen functional groups attached to an aromatic ring is 1. The fraction of sp³-hybridized carbons (Fsp3) is 0.417. The van der Waals surface area contributed by atoms with Crippen molar-refractivity contribution >= 4 is 11.6 Å². The van der Waals surface area contributed by atoms with Crippen molar-refractivity contribution in [1.82, 2.24) is 19.6 Å². The minimum Gasteiger partial charge on any atom is -0.383 e. The molecular weight excluding hydrogens is 271 g/mol. The lowest BCUT2D eigenvalue weighted by Crippen LogP contribution is -2.08. The Kier molecular flexibility index (Phi) is 4.21. The zero-order valence-electron chi connectivity index (χ0n) is 10.9. The topological polar surface area (TPSA) is 69.1 Å². The predicted molar refractivity (Wildman–Crippen MR) is 67.8 cm³/mol. The Balaban J connectivity index is 2.05. The summed E-state index contributed by atoms with van der Waals surface area (Å²) in [6, 6.07) is 0. The third-order valence-corrected chi connectivity index (χ3v) is 3.05. The molecule has 0 fully saturated rings. The van der Waals surface area contributed by atoms with Crippen molar-refractivity contribution in [3.63, 3.8) is 0 Å². The van der Waals surface area contributed by atoms with Gasteiger partial charge in [-0.2, -0.15) is 23.4 Å². The maximum absolute atomic E-state index is 12.6. The monoisotopic (exact) mass is 285 g/mol. The Hall–Kier alpha value is -2.12. The van der Waals surface area contributed by atoms with Gasteiger partial charge in [-0.3, -0.25) is 0 Å². The first-order valence-corrected chi connectivity index (χ1v) is 6.15. The van der Waals surface area contributed by atoms with Crippen molar-refractivity contribution in [2.45, 2.75) is 32.6 Å². The van der Waals surface area contributed by atoms with Crippen molar-refractivity contribution in [2.75, 3.05) is 5.73 Å². The minimum absolute atomic E-state index is 0.264. The molecule has 0 spiro atoms. The highest BCUT2D eigenvalue weighted by molar-refractivity contribution is 5.49. The molecular formula is C12H14F3N5. The van der Waals surface area contributed by atoms with E-state index in [2.05, 4.69) is 15.1 Å². The van der Waals surface area contributed by atoms with Crippen LogP contribution in [-0.2, 0) is 6.42 Å². The summed E-state index contributed by atoms with van der Waals surface area (Å²) in [6.07, 6.45) is 0.227. The number of nitrogens with two attached hydrogens (primary N) is 1. The van der Waals surface area contributed by atoms with Crippen LogP contribution in [0.15, 0.2) is 18.2 Å². The molecule has 0 saturated heterocycles. The van der Waals surface area contributed by atoms with E-state index in [-0.39, 0.29) is 6.42 Å². The second-order valence-corrected chi connectivity index (χ2v) is 4.41. The fourth-order valence-electron chi connectivity index (χ4n) is 2.00. The third-order valence-electron chi connectivity index (χ3n) is 3.05. The summed E-state index contributed by atoms with van der Waals surface area (Å²) in [4.78, 5) is 8.19. The normalized spacial score (nSPS) is 11.0. The van der Waals surface area contributed by atoms with Crippen LogP contribution >= 0.6 is 0 Å². The van der Waals surface area contributed by atoms with Crippen LogP contribution in [0.3, 0.4) is 0 Å². The Morgan fingerprint density at radius 2 is 2.05 bits per heavy atom. The average Bonchev–Trinajstić information content (AvgIpc) is 2.85. The minimum atomic E-state index is -2.24. The summed E-state index contributed by atoms with van der Waals surface area (Å²) >= 11 is 0. The average molecular weight is 285 g/mol. The van der Waals surface area contributed by atoms with Crippen molar-refractivity contribution in [1.29, 1.82) is 0 Å². The van der Waals surface area contributed by atoms with Gasteiger partial charge < -0.3 is 5.73 Å². The molecule has 0 radical (unpaired) electrons. The van der Waals surface area contributed by atoms with Crippen molar-refractivity contribution in [3.8, 4) is 0 Å². The number of nitrogens with zero attached hydrogens (tertiary/aromatic N) is 4. The van der Waals surface area contributed by atoms with E-state index in [1.165, 1.54) is 10.8 Å². The summed E-state index contributed by atoms with van der Waals surface area (Å²) in [5.74, 6) is -0.505. The second-order valence-electron chi connectivity index (χ2n) is 4.41. The first-order chi connectivity index (χ1) is 9.50. The Morgan fingerprint density at radius 3 is 2.75 bits per heavy atom. The highest BCUT2D eigenvalue weighted by Gasteiger charge is 2.12. The number of aromatic nitrogens is 4. The molecule has 0 atom stereocenters. The molecule has 0 saturated carbocycles. The molecule has 0 aliphatic carbocycles. The smallest absolute Gasteiger partial charge is 0.301 e. The number of unbranched alkanes of at least 4 members (excludes halogenated alkanes) is 1. The van der Waals surface area contributed by atoms with E-state index in [4.69, 9.17) is 5.73 Å². The first-order valence-electron chi connectivity index (χ1n) is 6.15. The first kappa shape index (κ1) is 14.3. The standard InChI is InChI=1S/C12H14F3N5/c1-7-8(4-2-3-5-9(13)10(14)15)11(16)20-12(19-7)17-6-18-20/h6H,2-5,16H2,1H3. The molecule has 0 aromatic carbocycles. The molecule has 2 N–H and O–H groups in total. The molecule has 0 aliphatic heterocycles. The van der Waals surface area contributed by atoms with Gasteiger partial charge in [0.1, 0.15) is 12.1 Å². The molecule has 0 bridgehead atoms. The van der Waals surface area contributed by atoms with Crippen LogP contribution in [0.1, 0.15) is 30.5 Å². The molecule has 2 aromatic heterocycles. The van der Waals surface area contributed by atoms with Crippen LogP contribution in [-0.4, -0.2) is 19.6 Å². The summed E-state index contributed by atoms with van der Waals surface area (Å²) in [5.41, 5.74) is 7.48. The zero-order valence-corrected chi connectivity index (χ0v) is 10.9. The maximum atomic E-state index is 12.6. The van der Waals surface area contributed by atoms with Gasteiger partial charge in [0, 0.05) is 17.7 Å². The van der Waals surface area contributed by atoms with Crippen LogP contribution in [0.4, 0.5) is 19.0 Å². The van der Waals surface area contributed by atoms with Gasteiger partial charge in [-0.1, -0.05) is 0 Å². The van der Waals surface area contributed by atoms with Gasteiger partial charge in [0.25, 0.3) is 5.78 Å². The molecule has 8 heteroatoms. The number of aryl methyl sites for hydroxylation is 1. The van der Waals surface area contributed by atoms with Crippen LogP contribution in [0.5, 0.6) is 0 Å². The van der Waals surface area contributed by atoms with Crippen molar-refractivity contribution < 1.29 is 13.2 Å². The van der Waals surface area contributed by atoms with Gasteiger partial charge in [0.15, 0.2) is 5.83 Å². The predicted octanol–water partition coefficient (Wildman–Crippen LogP) is 2.81. The van der Waals surface area contributed by atoms with Crippen LogP contribution in [0, 0.1) is 6.92 Å². The van der Waals surface area contributed by atoms with Crippen molar-refractivity contribution in [2.24, 2.45) is 0 Å². The lowest BCUT2D eigenvalue weighted by atomic mass is 10.1. The van der Waals surface area contributed by atoms with E-state index in [1.807, 2.05) is 0 Å². The molecule has 0 amide bonds. The van der Waals surface area contributed by atoms with Crippen LogP contribution < -0.4 is 5.73 Å². The van der Waals surface area contributed by atoms with E-state index in [0.717, 1.165) is 11.3 Å². The van der Waals surface area contributed by atoms with Crippen molar-refractivity contribution in [3.05, 3.63) is 29.5 Å². The molecule has 0 unspecified atom stereocenters. The van der Waals surface area contributed by atoms with Gasteiger partial charge in [-0.15, -0.1) is 0 Å². The largest absolute Gasteiger partial charge is 0.383 e. The summed E-state index contributed by atoms with van der Waals surface area (Å²) < 4.78 is 37.9. The van der Waals surface area contributed by atoms with E-state index < -0.39 is 11.9 Å². The number of hydrogen-bond donors (Lipinski definition) is 1. The number of hydrogen-bond acceptors (Lipinski definition) is 4. The Morgan fingerprint density at radius 1 is 1.30 bits per heavy atom. The van der Waals surface area contributed by atoms with Gasteiger partial charge in [0.05, 0.1) is 0 Å². The molecule has 2 heterocycles. The molecule has 2 aromatic rings. The van der Waals surface area contributed by atoms with E-state index in [1.54, 1.807) is 6.92 Å². The molecule has 108 valence electrons. The quantitative estimate of drug-likeness (QED) is 0.858. The second kappa shape index (κ2) is 5.89. The molecule has 0 aliphatic rings. The van der Waals surface area contributed by atoms with Gasteiger partial charge in [0.2, 0.25) is 0 Å². The number of fused-ring (bicyclic) bond motifs is 1. The number of anilines is 1. The summed E-state index contributed by atoms with van der Waals surface area (Å²) in [7, 11) is 0. The lowest BCUT2D eigenvalue weighted by molar-refractivity contribution is 0.367. The molecule has 2 rings (SSSR count). The number of halogens is 3. The summed E-state index contributed by atoms with van der Waals surface area (Å²) in [5, 5.41) is 3.95. The molecule has 20 heavy (non-hydrogen) atoms. The Bertz CT molecular complexity index is 646. The number of allylic oxidation sites excluding steroid dienone is 1. The van der Waals surface area contributed by atoms with Gasteiger partial charge in [-0.25, -0.2) is 9.37 Å². The van der Waals surface area contributed by atoms with Gasteiger partial charge >= 0.3 is 6.08 Å². The van der Waals surface area contributed by atoms with Crippen LogP contribution in [0.25, 0.3) is 5.78 Å². The van der Waals surface area contributed by atoms with E-state index in [0.29, 0.717) is 30.9 Å². The fourth-order valence-corrected chi connectivity index (χ4v) is 2.00. The maximum Gasteiger partial charge on any atom is 0.301 e. The third kappa shape index (κ3) is 2.89. The SMILES string of the molecule is Cc1nc2ncnn2c(N)c1CCCCC(F)=C(F)F. The zero-order chi connectivity index (χ0) is 14.7. The van der Waals surface area contributed by atoms with Gasteiger partial charge in [-0.05, 0) is 26.2 Å². The highest BCUT2D eigenvalue weighted by atomic mass is 19.3. The highest BCUT2D eigenvalue weighted by Crippen LogP contribution is 2.21. The lowest BCUT2D eigenvalue weighted by Gasteiger charge is -2.09. The van der Waals surface area contributed by atoms with E-state index >= 15 is 0 Å². The van der Waals surface area contributed by atoms with Crippen LogP contribution in [0.2, 0.25) is 0 Å². The Labute approximate surface area is 113 Å². The number of rotatable bonds is 5.